The van der Waals surface area contributed by atoms with E-state index in [-0.39, 0.29) is 11.4 Å². The Morgan fingerprint density at radius 2 is 1.92 bits per heavy atom. The number of ketones is 1. The van der Waals surface area contributed by atoms with E-state index in [0.717, 1.165) is 92.5 Å². The predicted octanol–water partition coefficient (Wildman–Crippen LogP) is 4.91. The zero-order valence-electron chi connectivity index (χ0n) is 21.5. The lowest BCUT2D eigenvalue weighted by Gasteiger charge is -2.37. The van der Waals surface area contributed by atoms with Gasteiger partial charge in [-0.15, -0.1) is 0 Å². The molecule has 2 aromatic carbocycles. The van der Waals surface area contributed by atoms with Gasteiger partial charge in [0.05, 0.1) is 19.1 Å². The Hall–Kier alpha value is -3.32. The van der Waals surface area contributed by atoms with Crippen molar-refractivity contribution < 1.29 is 19.1 Å². The Labute approximate surface area is 217 Å². The van der Waals surface area contributed by atoms with Crippen molar-refractivity contribution in [1.82, 2.24) is 9.47 Å². The van der Waals surface area contributed by atoms with Crippen LogP contribution < -0.4 is 15.2 Å². The third-order valence-electron chi connectivity index (χ3n) is 8.69. The van der Waals surface area contributed by atoms with Gasteiger partial charge in [-0.3, -0.25) is 9.59 Å². The van der Waals surface area contributed by atoms with Gasteiger partial charge >= 0.3 is 0 Å². The molecule has 7 heteroatoms. The SMILES string of the molecule is COc1ccc2c(c1CCN1CCC(n3ccc4ccc(C(N)=O)cc43)CC1)OC1(CCCC1)CC2=O. The van der Waals surface area contributed by atoms with Gasteiger partial charge in [-0.1, -0.05) is 6.07 Å². The maximum Gasteiger partial charge on any atom is 0.248 e. The molecule has 1 aliphatic carbocycles. The highest BCUT2D eigenvalue weighted by Crippen LogP contribution is 2.46. The first-order valence-corrected chi connectivity index (χ1v) is 13.5. The van der Waals surface area contributed by atoms with Crippen LogP contribution in [0.25, 0.3) is 10.9 Å². The second-order valence-electron chi connectivity index (χ2n) is 10.9. The average molecular weight is 502 g/mol. The number of nitrogens with two attached hydrogens (primary N) is 1. The van der Waals surface area contributed by atoms with Crippen LogP contribution in [0.3, 0.4) is 0 Å². The molecule has 3 aliphatic rings. The number of methoxy groups -OCH3 is 1. The van der Waals surface area contributed by atoms with Gasteiger partial charge in [-0.05, 0) is 80.7 Å². The van der Waals surface area contributed by atoms with Crippen molar-refractivity contribution in [2.24, 2.45) is 5.73 Å². The van der Waals surface area contributed by atoms with E-state index >= 15 is 0 Å². The number of ether oxygens (including phenoxy) is 2. The quantitative estimate of drug-likeness (QED) is 0.519. The lowest BCUT2D eigenvalue weighted by Crippen LogP contribution is -2.40. The number of aromatic nitrogens is 1. The molecule has 0 bridgehead atoms. The lowest BCUT2D eigenvalue weighted by atomic mass is 9.87. The molecule has 1 amide bonds. The van der Waals surface area contributed by atoms with Crippen molar-refractivity contribution in [1.29, 1.82) is 0 Å². The molecule has 6 rings (SSSR count). The van der Waals surface area contributed by atoms with Crippen LogP contribution in [0, 0.1) is 0 Å². The lowest BCUT2D eigenvalue weighted by molar-refractivity contribution is 0.0439. The van der Waals surface area contributed by atoms with E-state index in [1.54, 1.807) is 13.2 Å². The minimum atomic E-state index is -0.396. The number of rotatable bonds is 6. The van der Waals surface area contributed by atoms with Crippen molar-refractivity contribution in [2.75, 3.05) is 26.7 Å². The van der Waals surface area contributed by atoms with Crippen LogP contribution in [0.1, 0.15) is 77.3 Å². The molecule has 3 aromatic rings. The molecule has 2 aliphatic heterocycles. The number of piperidine rings is 1. The van der Waals surface area contributed by atoms with Crippen molar-refractivity contribution >= 4 is 22.6 Å². The van der Waals surface area contributed by atoms with Crippen molar-refractivity contribution in [3.8, 4) is 11.5 Å². The maximum absolute atomic E-state index is 13.0. The number of likely N-dealkylation sites (tertiary alicyclic amines) is 1. The summed E-state index contributed by atoms with van der Waals surface area (Å²) in [6.45, 7) is 2.87. The summed E-state index contributed by atoms with van der Waals surface area (Å²) in [5.74, 6) is 1.37. The van der Waals surface area contributed by atoms with Gasteiger partial charge in [0.15, 0.2) is 5.78 Å². The van der Waals surface area contributed by atoms with E-state index < -0.39 is 5.91 Å². The fourth-order valence-electron chi connectivity index (χ4n) is 6.62. The number of amides is 1. The number of Topliss-reactive ketones (excluding diaryl/α,β-unsaturated/α-hetero) is 1. The summed E-state index contributed by atoms with van der Waals surface area (Å²) in [7, 11) is 1.69. The number of hydrogen-bond acceptors (Lipinski definition) is 5. The molecule has 7 nitrogen and oxygen atoms in total. The molecule has 1 aromatic heterocycles. The van der Waals surface area contributed by atoms with Gasteiger partial charge in [0, 0.05) is 48.5 Å². The molecule has 3 heterocycles. The molecule has 1 saturated heterocycles. The molecule has 2 N–H and O–H groups in total. The van der Waals surface area contributed by atoms with E-state index in [1.807, 2.05) is 24.3 Å². The largest absolute Gasteiger partial charge is 0.496 e. The molecule has 0 radical (unpaired) electrons. The zero-order valence-corrected chi connectivity index (χ0v) is 21.5. The first kappa shape index (κ1) is 24.0. The van der Waals surface area contributed by atoms with E-state index in [0.29, 0.717) is 23.6 Å². The van der Waals surface area contributed by atoms with E-state index in [9.17, 15) is 9.59 Å². The van der Waals surface area contributed by atoms with Gasteiger partial charge < -0.3 is 24.7 Å². The molecular weight excluding hydrogens is 466 g/mol. The van der Waals surface area contributed by atoms with Crippen LogP contribution in [0.4, 0.5) is 0 Å². The number of benzene rings is 2. The standard InChI is InChI=1S/C30H35N3O4/c1-36-27-7-6-23-26(34)19-30(12-2-3-13-30)37-28(23)24(27)11-16-32-14-9-22(10-15-32)33-17-8-20-4-5-21(29(31)35)18-25(20)33/h4-8,17-18,22H,2-3,9-16,19H2,1H3,(H2,31,35). The van der Waals surface area contributed by atoms with Crippen LogP contribution in [-0.4, -0.2) is 53.5 Å². The topological polar surface area (TPSA) is 86.8 Å². The molecule has 194 valence electrons. The summed E-state index contributed by atoms with van der Waals surface area (Å²) in [4.78, 5) is 27.2. The van der Waals surface area contributed by atoms with Crippen molar-refractivity contribution in [3.05, 3.63) is 59.3 Å². The third kappa shape index (κ3) is 4.39. The van der Waals surface area contributed by atoms with Crippen LogP contribution in [0.2, 0.25) is 0 Å². The normalized spacial score (nSPS) is 19.8. The Morgan fingerprint density at radius 3 is 2.65 bits per heavy atom. The van der Waals surface area contributed by atoms with Crippen LogP contribution in [0.5, 0.6) is 11.5 Å². The van der Waals surface area contributed by atoms with Crippen LogP contribution in [-0.2, 0) is 6.42 Å². The fraction of sp³-hybridized carbons (Fsp3) is 0.467. The third-order valence-corrected chi connectivity index (χ3v) is 8.69. The molecule has 37 heavy (non-hydrogen) atoms. The van der Waals surface area contributed by atoms with Gasteiger partial charge in [-0.2, -0.15) is 0 Å². The van der Waals surface area contributed by atoms with E-state index in [4.69, 9.17) is 15.2 Å². The molecule has 1 spiro atoms. The number of hydrogen-bond donors (Lipinski definition) is 1. The Balaban J connectivity index is 1.16. The molecule has 0 atom stereocenters. The molecule has 2 fully saturated rings. The van der Waals surface area contributed by atoms with Gasteiger partial charge in [0.2, 0.25) is 5.91 Å². The zero-order chi connectivity index (χ0) is 25.6. The smallest absolute Gasteiger partial charge is 0.248 e. The summed E-state index contributed by atoms with van der Waals surface area (Å²) >= 11 is 0. The first-order valence-electron chi connectivity index (χ1n) is 13.5. The molecule has 1 saturated carbocycles. The second-order valence-corrected chi connectivity index (χ2v) is 10.9. The number of primary amides is 1. The van der Waals surface area contributed by atoms with Gasteiger partial charge in [0.1, 0.15) is 17.1 Å². The summed E-state index contributed by atoms with van der Waals surface area (Å²) in [5.41, 5.74) is 8.54. The van der Waals surface area contributed by atoms with E-state index in [2.05, 4.69) is 21.7 Å². The van der Waals surface area contributed by atoms with Crippen molar-refractivity contribution in [2.45, 2.75) is 63.0 Å². The van der Waals surface area contributed by atoms with Crippen molar-refractivity contribution in [3.63, 3.8) is 0 Å². The number of fused-ring (bicyclic) bond motifs is 2. The number of nitrogens with zero attached hydrogens (tertiary/aromatic N) is 2. The average Bonchev–Trinajstić information content (AvgIpc) is 3.54. The minimum absolute atomic E-state index is 0.200. The fourth-order valence-corrected chi connectivity index (χ4v) is 6.62. The summed E-state index contributed by atoms with van der Waals surface area (Å²) in [6, 6.07) is 12.0. The number of carbonyl (C=O) groups excluding carboxylic acids is 2. The Bertz CT molecular complexity index is 1350. The summed E-state index contributed by atoms with van der Waals surface area (Å²) in [6.07, 6.45) is 9.63. The highest BCUT2D eigenvalue weighted by molar-refractivity contribution is 6.01. The second kappa shape index (κ2) is 9.53. The molecular formula is C30H35N3O4. The minimum Gasteiger partial charge on any atom is -0.496 e. The van der Waals surface area contributed by atoms with Gasteiger partial charge in [0.25, 0.3) is 0 Å². The monoisotopic (exact) mass is 501 g/mol. The molecule has 0 unspecified atom stereocenters. The van der Waals surface area contributed by atoms with Gasteiger partial charge in [-0.25, -0.2) is 0 Å². The highest BCUT2D eigenvalue weighted by atomic mass is 16.5. The van der Waals surface area contributed by atoms with Crippen LogP contribution >= 0.6 is 0 Å². The van der Waals surface area contributed by atoms with E-state index in [1.165, 1.54) is 0 Å². The highest BCUT2D eigenvalue weighted by Gasteiger charge is 2.43. The van der Waals surface area contributed by atoms with Crippen LogP contribution in [0.15, 0.2) is 42.6 Å². The maximum atomic E-state index is 13.0. The number of carbonyl (C=O) groups is 2. The summed E-state index contributed by atoms with van der Waals surface area (Å²) < 4.78 is 14.7. The predicted molar refractivity (Wildman–Crippen MR) is 143 cm³/mol. The Morgan fingerprint density at radius 1 is 1.14 bits per heavy atom. The Kier molecular flexibility index (Phi) is 6.19. The first-order chi connectivity index (χ1) is 18.0. The summed E-state index contributed by atoms with van der Waals surface area (Å²) in [5, 5.41) is 1.13.